The van der Waals surface area contributed by atoms with E-state index in [4.69, 9.17) is 0 Å². The number of anilines is 1. The van der Waals surface area contributed by atoms with E-state index >= 15 is 0 Å². The number of pyridine rings is 1. The van der Waals surface area contributed by atoms with Crippen LogP contribution in [0.15, 0.2) is 48.8 Å². The van der Waals surface area contributed by atoms with E-state index in [1.165, 1.54) is 0 Å². The van der Waals surface area contributed by atoms with Gasteiger partial charge in [-0.15, -0.1) is 0 Å². The summed E-state index contributed by atoms with van der Waals surface area (Å²) in [5.74, 6) is 0.0607. The molecule has 1 saturated heterocycles. The van der Waals surface area contributed by atoms with Crippen LogP contribution in [0.1, 0.15) is 43.4 Å². The van der Waals surface area contributed by atoms with Crippen molar-refractivity contribution in [3.63, 3.8) is 0 Å². The number of amides is 3. The van der Waals surface area contributed by atoms with E-state index in [0.717, 1.165) is 23.2 Å². The van der Waals surface area contributed by atoms with Crippen LogP contribution in [0.2, 0.25) is 0 Å². The molecule has 6 heteroatoms. The van der Waals surface area contributed by atoms with Crippen molar-refractivity contribution >= 4 is 17.6 Å². The number of piperidine rings is 1. The zero-order valence-corrected chi connectivity index (χ0v) is 15.4. The number of fused-ring (bicyclic) bond motifs is 2. The van der Waals surface area contributed by atoms with Crippen LogP contribution in [0.25, 0.3) is 0 Å². The predicted molar refractivity (Wildman–Crippen MR) is 103 cm³/mol. The molecule has 2 aliphatic heterocycles. The highest BCUT2D eigenvalue weighted by Crippen LogP contribution is 2.44. The van der Waals surface area contributed by atoms with Crippen molar-refractivity contribution in [1.29, 1.82) is 0 Å². The number of benzene rings is 1. The zero-order chi connectivity index (χ0) is 18.9. The molecule has 27 heavy (non-hydrogen) atoms. The number of nitrogens with one attached hydrogen (secondary N) is 2. The van der Waals surface area contributed by atoms with Gasteiger partial charge in [0.1, 0.15) is 0 Å². The fraction of sp³-hybridized carbons (Fsp3) is 0.381. The van der Waals surface area contributed by atoms with E-state index in [1.54, 1.807) is 12.4 Å². The van der Waals surface area contributed by atoms with Crippen LogP contribution in [0.3, 0.4) is 0 Å². The van der Waals surface area contributed by atoms with Crippen molar-refractivity contribution in [2.24, 2.45) is 0 Å². The monoisotopic (exact) mass is 364 g/mol. The fourth-order valence-electron chi connectivity index (χ4n) is 4.21. The largest absolute Gasteiger partial charge is 0.331 e. The van der Waals surface area contributed by atoms with Crippen LogP contribution >= 0.6 is 0 Å². The van der Waals surface area contributed by atoms with Gasteiger partial charge in [-0.1, -0.05) is 31.2 Å². The van der Waals surface area contributed by atoms with Gasteiger partial charge in [0.15, 0.2) is 0 Å². The minimum absolute atomic E-state index is 0.0578. The Morgan fingerprint density at radius 1 is 1.26 bits per heavy atom. The highest BCUT2D eigenvalue weighted by atomic mass is 16.2. The van der Waals surface area contributed by atoms with Crippen LogP contribution in [-0.2, 0) is 10.2 Å². The molecule has 4 rings (SSSR count). The molecule has 0 bridgehead atoms. The molecule has 0 aliphatic carbocycles. The summed E-state index contributed by atoms with van der Waals surface area (Å²) in [6.07, 6.45) is 5.61. The summed E-state index contributed by atoms with van der Waals surface area (Å²) in [5, 5.41) is 6.11. The first-order valence-electron chi connectivity index (χ1n) is 9.50. The molecule has 3 amide bonds. The molecule has 0 unspecified atom stereocenters. The van der Waals surface area contributed by atoms with Gasteiger partial charge in [0, 0.05) is 31.2 Å². The van der Waals surface area contributed by atoms with Gasteiger partial charge in [-0.3, -0.25) is 9.78 Å². The van der Waals surface area contributed by atoms with Gasteiger partial charge >= 0.3 is 6.03 Å². The first kappa shape index (κ1) is 17.5. The number of carbonyl (C=O) groups is 2. The quantitative estimate of drug-likeness (QED) is 0.878. The molecular weight excluding hydrogens is 340 g/mol. The molecule has 140 valence electrons. The summed E-state index contributed by atoms with van der Waals surface area (Å²) < 4.78 is 0. The van der Waals surface area contributed by atoms with E-state index in [-0.39, 0.29) is 18.0 Å². The van der Waals surface area contributed by atoms with E-state index < -0.39 is 5.41 Å². The Morgan fingerprint density at radius 2 is 2.04 bits per heavy atom. The SMILES string of the molecule is CC[C@H](NC(=O)N1CCC2(CC1)C(=O)Nc1ccccc12)c1cccnc1. The molecule has 1 aromatic heterocycles. The van der Waals surface area contributed by atoms with Gasteiger partial charge in [-0.25, -0.2) is 4.79 Å². The van der Waals surface area contributed by atoms with Crippen molar-refractivity contribution in [1.82, 2.24) is 15.2 Å². The number of hydrogen-bond donors (Lipinski definition) is 2. The van der Waals surface area contributed by atoms with E-state index in [2.05, 4.69) is 15.6 Å². The maximum absolute atomic E-state index is 12.8. The Morgan fingerprint density at radius 3 is 2.74 bits per heavy atom. The number of aromatic nitrogens is 1. The number of hydrogen-bond acceptors (Lipinski definition) is 3. The molecule has 2 N–H and O–H groups in total. The molecule has 1 fully saturated rings. The van der Waals surface area contributed by atoms with E-state index in [9.17, 15) is 9.59 Å². The van der Waals surface area contributed by atoms with Gasteiger partial charge in [0.05, 0.1) is 11.5 Å². The minimum Gasteiger partial charge on any atom is -0.331 e. The molecule has 1 atom stereocenters. The lowest BCUT2D eigenvalue weighted by Gasteiger charge is -2.38. The number of para-hydroxylation sites is 1. The van der Waals surface area contributed by atoms with Crippen LogP contribution in [0.5, 0.6) is 0 Å². The predicted octanol–water partition coefficient (Wildman–Crippen LogP) is 3.23. The van der Waals surface area contributed by atoms with Crippen molar-refractivity contribution in [3.8, 4) is 0 Å². The molecule has 3 heterocycles. The Kier molecular flexibility index (Phi) is 4.56. The molecule has 0 saturated carbocycles. The number of rotatable bonds is 3. The molecule has 6 nitrogen and oxygen atoms in total. The van der Waals surface area contributed by atoms with Gasteiger partial charge < -0.3 is 15.5 Å². The minimum atomic E-state index is -0.499. The Balaban J connectivity index is 1.44. The number of carbonyl (C=O) groups excluding carboxylic acids is 2. The second-order valence-corrected chi connectivity index (χ2v) is 7.27. The summed E-state index contributed by atoms with van der Waals surface area (Å²) in [7, 11) is 0. The highest BCUT2D eigenvalue weighted by molar-refractivity contribution is 6.06. The zero-order valence-electron chi connectivity index (χ0n) is 15.4. The number of nitrogens with zero attached hydrogens (tertiary/aromatic N) is 2. The van der Waals surface area contributed by atoms with Gasteiger partial charge in [-0.2, -0.15) is 0 Å². The number of likely N-dealkylation sites (tertiary alicyclic amines) is 1. The average Bonchev–Trinajstić information content (AvgIpc) is 2.98. The topological polar surface area (TPSA) is 74.3 Å². The second kappa shape index (κ2) is 7.02. The third-order valence-corrected chi connectivity index (χ3v) is 5.82. The number of urea groups is 1. The maximum atomic E-state index is 12.8. The van der Waals surface area contributed by atoms with Gasteiger partial charge in [-0.05, 0) is 42.5 Å². The maximum Gasteiger partial charge on any atom is 0.317 e. The first-order chi connectivity index (χ1) is 13.1. The summed E-state index contributed by atoms with van der Waals surface area (Å²) in [4.78, 5) is 31.4. The van der Waals surface area contributed by atoms with Crippen molar-refractivity contribution in [3.05, 3.63) is 59.9 Å². The van der Waals surface area contributed by atoms with Crippen LogP contribution in [0.4, 0.5) is 10.5 Å². The smallest absolute Gasteiger partial charge is 0.317 e. The van der Waals surface area contributed by atoms with Crippen LogP contribution in [0, 0.1) is 0 Å². The Labute approximate surface area is 159 Å². The standard InChI is InChI=1S/C21H24N4O2/c1-2-17(15-6-5-11-22-14-15)24-20(27)25-12-9-21(10-13-25)16-7-3-4-8-18(16)23-19(21)26/h3-8,11,14,17H,2,9-10,12-13H2,1H3,(H,23,26)(H,24,27)/t17-/m0/s1. The first-order valence-corrected chi connectivity index (χ1v) is 9.50. The third kappa shape index (κ3) is 3.05. The normalized spacial score (nSPS) is 18.7. The summed E-state index contributed by atoms with van der Waals surface area (Å²) in [6.45, 7) is 3.18. The third-order valence-electron chi connectivity index (χ3n) is 5.82. The van der Waals surface area contributed by atoms with Crippen molar-refractivity contribution < 1.29 is 9.59 Å². The van der Waals surface area contributed by atoms with Crippen molar-refractivity contribution in [2.75, 3.05) is 18.4 Å². The lowest BCUT2D eigenvalue weighted by molar-refractivity contribution is -0.122. The second-order valence-electron chi connectivity index (χ2n) is 7.27. The van der Waals surface area contributed by atoms with Crippen molar-refractivity contribution in [2.45, 2.75) is 37.6 Å². The summed E-state index contributed by atoms with van der Waals surface area (Å²) in [6, 6.07) is 11.6. The molecule has 1 aromatic carbocycles. The van der Waals surface area contributed by atoms with Gasteiger partial charge in [0.2, 0.25) is 5.91 Å². The molecule has 0 radical (unpaired) electrons. The molecular formula is C21H24N4O2. The molecule has 1 spiro atoms. The van der Waals surface area contributed by atoms with E-state index in [1.807, 2.05) is 48.2 Å². The average molecular weight is 364 g/mol. The summed E-state index contributed by atoms with van der Waals surface area (Å²) in [5.41, 5.74) is 2.48. The lowest BCUT2D eigenvalue weighted by atomic mass is 9.74. The van der Waals surface area contributed by atoms with Crippen LogP contribution in [-0.4, -0.2) is 34.9 Å². The van der Waals surface area contributed by atoms with Crippen LogP contribution < -0.4 is 10.6 Å². The Bertz CT molecular complexity index is 844. The van der Waals surface area contributed by atoms with Gasteiger partial charge in [0.25, 0.3) is 0 Å². The Hall–Kier alpha value is -2.89. The summed E-state index contributed by atoms with van der Waals surface area (Å²) >= 11 is 0. The lowest BCUT2D eigenvalue weighted by Crippen LogP contribution is -2.51. The molecule has 2 aliphatic rings. The molecule has 2 aromatic rings. The van der Waals surface area contributed by atoms with E-state index in [0.29, 0.717) is 25.9 Å². The fourth-order valence-corrected chi connectivity index (χ4v) is 4.21. The highest BCUT2D eigenvalue weighted by Gasteiger charge is 2.48.